The van der Waals surface area contributed by atoms with E-state index in [4.69, 9.17) is 5.73 Å². The van der Waals surface area contributed by atoms with Gasteiger partial charge in [-0.1, -0.05) is 6.92 Å². The van der Waals surface area contributed by atoms with E-state index in [2.05, 4.69) is 33.6 Å². The van der Waals surface area contributed by atoms with Gasteiger partial charge >= 0.3 is 0 Å². The lowest BCUT2D eigenvalue weighted by atomic mass is 10.2. The minimum atomic E-state index is 0.476. The van der Waals surface area contributed by atoms with Gasteiger partial charge in [-0.25, -0.2) is 9.97 Å². The lowest BCUT2D eigenvalue weighted by Gasteiger charge is -2.39. The summed E-state index contributed by atoms with van der Waals surface area (Å²) >= 11 is 0. The molecule has 1 atom stereocenters. The maximum atomic E-state index is 5.53. The molecule has 2 rings (SSSR count). The van der Waals surface area contributed by atoms with Gasteiger partial charge < -0.3 is 10.6 Å². The zero-order chi connectivity index (χ0) is 11.5. The summed E-state index contributed by atoms with van der Waals surface area (Å²) in [6.07, 6.45) is 3.37. The Morgan fingerprint density at radius 2 is 2.19 bits per heavy atom. The number of hydrogen-bond acceptors (Lipinski definition) is 5. The van der Waals surface area contributed by atoms with Crippen LogP contribution in [0.2, 0.25) is 0 Å². The third-order valence-electron chi connectivity index (χ3n) is 3.15. The van der Waals surface area contributed by atoms with Crippen molar-refractivity contribution in [3.05, 3.63) is 12.4 Å². The number of anilines is 2. The van der Waals surface area contributed by atoms with E-state index in [1.165, 1.54) is 0 Å². The van der Waals surface area contributed by atoms with Crippen molar-refractivity contribution in [2.24, 2.45) is 0 Å². The van der Waals surface area contributed by atoms with Crippen molar-refractivity contribution in [2.75, 3.05) is 36.8 Å². The van der Waals surface area contributed by atoms with Crippen LogP contribution in [0.1, 0.15) is 13.8 Å². The molecule has 1 saturated heterocycles. The van der Waals surface area contributed by atoms with E-state index >= 15 is 0 Å². The van der Waals surface area contributed by atoms with Crippen molar-refractivity contribution in [1.29, 1.82) is 0 Å². The average Bonchev–Trinajstić information content (AvgIpc) is 2.30. The predicted molar refractivity (Wildman–Crippen MR) is 65.4 cm³/mol. The first-order valence-electron chi connectivity index (χ1n) is 5.77. The molecule has 0 aliphatic carbocycles. The van der Waals surface area contributed by atoms with Crippen LogP contribution < -0.4 is 10.6 Å². The highest BCUT2D eigenvalue weighted by Crippen LogP contribution is 2.16. The molecule has 0 aromatic carbocycles. The summed E-state index contributed by atoms with van der Waals surface area (Å²) in [5.74, 6) is 1.40. The van der Waals surface area contributed by atoms with Gasteiger partial charge in [0.2, 0.25) is 0 Å². The Hall–Kier alpha value is -1.36. The third kappa shape index (κ3) is 2.24. The standard InChI is InChI=1S/C11H19N5/c1-3-15-4-5-16(8-9(15)2)11-7-13-10(12)6-14-11/h6-7,9H,3-5,8H2,1-2H3,(H2,12,13). The van der Waals surface area contributed by atoms with Crippen molar-refractivity contribution in [3.8, 4) is 0 Å². The van der Waals surface area contributed by atoms with Crippen LogP contribution in [0.5, 0.6) is 0 Å². The SMILES string of the molecule is CCN1CCN(c2cnc(N)cn2)CC1C. The molecule has 0 spiro atoms. The molecular formula is C11H19N5. The third-order valence-corrected chi connectivity index (χ3v) is 3.15. The summed E-state index contributed by atoms with van der Waals surface area (Å²) < 4.78 is 0. The second kappa shape index (κ2) is 4.65. The molecule has 1 fully saturated rings. The van der Waals surface area contributed by atoms with Gasteiger partial charge in [-0.2, -0.15) is 0 Å². The Kier molecular flexibility index (Phi) is 3.24. The Morgan fingerprint density at radius 3 is 2.75 bits per heavy atom. The van der Waals surface area contributed by atoms with Crippen molar-refractivity contribution >= 4 is 11.6 Å². The lowest BCUT2D eigenvalue weighted by molar-refractivity contribution is 0.199. The molecule has 0 radical (unpaired) electrons. The van der Waals surface area contributed by atoms with Crippen molar-refractivity contribution in [2.45, 2.75) is 19.9 Å². The smallest absolute Gasteiger partial charge is 0.147 e. The van der Waals surface area contributed by atoms with E-state index < -0.39 is 0 Å². The molecule has 0 saturated carbocycles. The van der Waals surface area contributed by atoms with Gasteiger partial charge in [0, 0.05) is 25.7 Å². The maximum Gasteiger partial charge on any atom is 0.147 e. The van der Waals surface area contributed by atoms with E-state index in [9.17, 15) is 0 Å². The summed E-state index contributed by atoms with van der Waals surface area (Å²) in [6.45, 7) is 8.67. The van der Waals surface area contributed by atoms with Crippen LogP contribution >= 0.6 is 0 Å². The lowest BCUT2D eigenvalue weighted by Crippen LogP contribution is -2.52. The Morgan fingerprint density at radius 1 is 1.38 bits per heavy atom. The summed E-state index contributed by atoms with van der Waals surface area (Å²) in [7, 11) is 0. The molecule has 1 aliphatic rings. The first kappa shape index (κ1) is 11.1. The summed E-state index contributed by atoms with van der Waals surface area (Å²) in [4.78, 5) is 13.1. The summed E-state index contributed by atoms with van der Waals surface area (Å²) in [5.41, 5.74) is 5.53. The molecule has 1 unspecified atom stereocenters. The highest BCUT2D eigenvalue weighted by atomic mass is 15.3. The fourth-order valence-corrected chi connectivity index (χ4v) is 2.17. The number of aromatic nitrogens is 2. The second-order valence-electron chi connectivity index (χ2n) is 4.22. The van der Waals surface area contributed by atoms with Gasteiger partial charge in [0.15, 0.2) is 0 Å². The Bertz CT molecular complexity index is 337. The largest absolute Gasteiger partial charge is 0.382 e. The molecular weight excluding hydrogens is 202 g/mol. The van der Waals surface area contributed by atoms with E-state index in [1.807, 2.05) is 0 Å². The molecule has 2 heterocycles. The van der Waals surface area contributed by atoms with E-state index in [1.54, 1.807) is 12.4 Å². The van der Waals surface area contributed by atoms with Crippen LogP contribution in [-0.2, 0) is 0 Å². The van der Waals surface area contributed by atoms with E-state index in [-0.39, 0.29) is 0 Å². The van der Waals surface area contributed by atoms with Gasteiger partial charge in [0.1, 0.15) is 11.6 Å². The Balaban J connectivity index is 2.04. The number of nitrogens with zero attached hydrogens (tertiary/aromatic N) is 4. The molecule has 0 bridgehead atoms. The van der Waals surface area contributed by atoms with Crippen molar-refractivity contribution in [1.82, 2.24) is 14.9 Å². The zero-order valence-corrected chi connectivity index (χ0v) is 9.93. The minimum Gasteiger partial charge on any atom is -0.382 e. The summed E-state index contributed by atoms with van der Waals surface area (Å²) in [5, 5.41) is 0. The first-order chi connectivity index (χ1) is 7.70. The first-order valence-corrected chi connectivity index (χ1v) is 5.77. The van der Waals surface area contributed by atoms with Crippen LogP contribution in [0.3, 0.4) is 0 Å². The topological polar surface area (TPSA) is 58.3 Å². The van der Waals surface area contributed by atoms with E-state index in [0.717, 1.165) is 32.0 Å². The highest BCUT2D eigenvalue weighted by molar-refractivity contribution is 5.40. The van der Waals surface area contributed by atoms with Crippen LogP contribution in [0, 0.1) is 0 Å². The second-order valence-corrected chi connectivity index (χ2v) is 4.22. The number of likely N-dealkylation sites (N-methyl/N-ethyl adjacent to an activating group) is 1. The molecule has 16 heavy (non-hydrogen) atoms. The molecule has 5 heteroatoms. The molecule has 88 valence electrons. The van der Waals surface area contributed by atoms with Gasteiger partial charge in [0.05, 0.1) is 12.4 Å². The summed E-state index contributed by atoms with van der Waals surface area (Å²) in [6, 6.07) is 0.568. The number of nitrogens with two attached hydrogens (primary N) is 1. The molecule has 1 aliphatic heterocycles. The molecule has 0 amide bonds. The van der Waals surface area contributed by atoms with Crippen molar-refractivity contribution in [3.63, 3.8) is 0 Å². The van der Waals surface area contributed by atoms with Gasteiger partial charge in [0.25, 0.3) is 0 Å². The monoisotopic (exact) mass is 221 g/mol. The normalized spacial score (nSPS) is 22.4. The van der Waals surface area contributed by atoms with Gasteiger partial charge in [-0.15, -0.1) is 0 Å². The number of hydrogen-bond donors (Lipinski definition) is 1. The van der Waals surface area contributed by atoms with Crippen LogP contribution in [0.25, 0.3) is 0 Å². The fraction of sp³-hybridized carbons (Fsp3) is 0.636. The molecule has 1 aromatic rings. The number of nitrogen functional groups attached to an aromatic ring is 1. The maximum absolute atomic E-state index is 5.53. The van der Waals surface area contributed by atoms with Crippen LogP contribution in [0.4, 0.5) is 11.6 Å². The number of piperazine rings is 1. The Labute approximate surface area is 96.3 Å². The molecule has 5 nitrogen and oxygen atoms in total. The average molecular weight is 221 g/mol. The van der Waals surface area contributed by atoms with Crippen LogP contribution in [0.15, 0.2) is 12.4 Å². The minimum absolute atomic E-state index is 0.476. The van der Waals surface area contributed by atoms with Crippen LogP contribution in [-0.4, -0.2) is 47.1 Å². The zero-order valence-electron chi connectivity index (χ0n) is 9.93. The molecule has 2 N–H and O–H groups in total. The van der Waals surface area contributed by atoms with Gasteiger partial charge in [-0.05, 0) is 13.5 Å². The van der Waals surface area contributed by atoms with Gasteiger partial charge in [-0.3, -0.25) is 4.90 Å². The highest BCUT2D eigenvalue weighted by Gasteiger charge is 2.23. The molecule has 1 aromatic heterocycles. The predicted octanol–water partition coefficient (Wildman–Crippen LogP) is 0.589. The van der Waals surface area contributed by atoms with Crippen molar-refractivity contribution < 1.29 is 0 Å². The van der Waals surface area contributed by atoms with E-state index in [0.29, 0.717) is 11.9 Å². The number of rotatable bonds is 2. The fourth-order valence-electron chi connectivity index (χ4n) is 2.17. The quantitative estimate of drug-likeness (QED) is 0.792.